The van der Waals surface area contributed by atoms with Gasteiger partial charge in [-0.2, -0.15) is 5.26 Å². The summed E-state index contributed by atoms with van der Waals surface area (Å²) in [5, 5.41) is 12.3. The molecule has 1 aromatic carbocycles. The Morgan fingerprint density at radius 1 is 1.50 bits per heavy atom. The second kappa shape index (κ2) is 4.15. The lowest BCUT2D eigenvalue weighted by atomic mass is 10.1. The van der Waals surface area contributed by atoms with Crippen LogP contribution in [-0.4, -0.2) is 12.6 Å². The van der Waals surface area contributed by atoms with Crippen molar-refractivity contribution >= 4 is 0 Å². The summed E-state index contributed by atoms with van der Waals surface area (Å²) in [5.41, 5.74) is 2.03. The van der Waals surface area contributed by atoms with Gasteiger partial charge in [0.05, 0.1) is 18.7 Å². The van der Waals surface area contributed by atoms with Crippen LogP contribution in [0.3, 0.4) is 0 Å². The van der Waals surface area contributed by atoms with Gasteiger partial charge in [0.2, 0.25) is 0 Å². The molecule has 3 heteroatoms. The van der Waals surface area contributed by atoms with Crippen LogP contribution in [0.5, 0.6) is 5.75 Å². The van der Waals surface area contributed by atoms with Gasteiger partial charge in [0.1, 0.15) is 5.75 Å². The smallest absolute Gasteiger partial charge is 0.123 e. The van der Waals surface area contributed by atoms with Crippen molar-refractivity contribution < 1.29 is 4.74 Å². The first kappa shape index (κ1) is 11.0. The highest BCUT2D eigenvalue weighted by Crippen LogP contribution is 2.35. The molecule has 84 valence electrons. The zero-order valence-corrected chi connectivity index (χ0v) is 9.71. The molecule has 0 bridgehead atoms. The molecule has 3 nitrogen and oxygen atoms in total. The highest BCUT2D eigenvalue weighted by atomic mass is 16.5. The van der Waals surface area contributed by atoms with Crippen molar-refractivity contribution in [3.63, 3.8) is 0 Å². The van der Waals surface area contributed by atoms with Gasteiger partial charge >= 0.3 is 0 Å². The average molecular weight is 216 g/mol. The third-order valence-electron chi connectivity index (χ3n) is 3.12. The van der Waals surface area contributed by atoms with E-state index in [4.69, 9.17) is 10.00 Å². The molecule has 1 aliphatic rings. The highest BCUT2D eigenvalue weighted by molar-refractivity contribution is 5.42. The molecule has 0 saturated heterocycles. The van der Waals surface area contributed by atoms with Crippen molar-refractivity contribution in [2.24, 2.45) is 0 Å². The van der Waals surface area contributed by atoms with E-state index in [9.17, 15) is 0 Å². The van der Waals surface area contributed by atoms with E-state index in [0.29, 0.717) is 11.1 Å². The standard InChI is InChI=1S/C13H16N2O/c1-13(5-6-13)15-9-11-7-10(8-14)3-4-12(11)16-2/h3-4,7,15H,5-6,9H2,1-2H3. The number of methoxy groups -OCH3 is 1. The summed E-state index contributed by atoms with van der Waals surface area (Å²) in [5.74, 6) is 0.843. The Morgan fingerprint density at radius 3 is 2.81 bits per heavy atom. The van der Waals surface area contributed by atoms with E-state index < -0.39 is 0 Å². The molecule has 0 radical (unpaired) electrons. The van der Waals surface area contributed by atoms with E-state index in [-0.39, 0.29) is 0 Å². The normalized spacial score (nSPS) is 16.6. The Kier molecular flexibility index (Phi) is 2.84. The predicted molar refractivity (Wildman–Crippen MR) is 62.2 cm³/mol. The molecule has 0 atom stereocenters. The minimum absolute atomic E-state index is 0.299. The summed E-state index contributed by atoms with van der Waals surface area (Å²) < 4.78 is 5.28. The molecule has 0 aromatic heterocycles. The topological polar surface area (TPSA) is 45.0 Å². The Balaban J connectivity index is 2.13. The van der Waals surface area contributed by atoms with Gasteiger partial charge in [-0.3, -0.25) is 0 Å². The first-order valence-corrected chi connectivity index (χ1v) is 5.49. The second-order valence-corrected chi connectivity index (χ2v) is 4.55. The highest BCUT2D eigenvalue weighted by Gasteiger charge is 2.36. The maximum atomic E-state index is 8.85. The molecule has 16 heavy (non-hydrogen) atoms. The van der Waals surface area contributed by atoms with Crippen LogP contribution in [0.15, 0.2) is 18.2 Å². The lowest BCUT2D eigenvalue weighted by Crippen LogP contribution is -2.27. The number of hydrogen-bond acceptors (Lipinski definition) is 3. The van der Waals surface area contributed by atoms with Crippen LogP contribution < -0.4 is 10.1 Å². The van der Waals surface area contributed by atoms with E-state index >= 15 is 0 Å². The molecule has 0 amide bonds. The van der Waals surface area contributed by atoms with Crippen molar-refractivity contribution in [2.75, 3.05) is 7.11 Å². The van der Waals surface area contributed by atoms with E-state index in [1.54, 1.807) is 13.2 Å². The first-order valence-electron chi connectivity index (χ1n) is 5.49. The fourth-order valence-corrected chi connectivity index (χ4v) is 1.66. The zero-order chi connectivity index (χ0) is 11.6. The van der Waals surface area contributed by atoms with Gasteiger partial charge in [-0.1, -0.05) is 0 Å². The summed E-state index contributed by atoms with van der Waals surface area (Å²) in [6.45, 7) is 2.98. The Morgan fingerprint density at radius 2 is 2.25 bits per heavy atom. The molecule has 1 fully saturated rings. The van der Waals surface area contributed by atoms with Gasteiger partial charge in [-0.25, -0.2) is 0 Å². The third kappa shape index (κ3) is 2.34. The molecule has 0 aliphatic heterocycles. The van der Waals surface area contributed by atoms with Crippen molar-refractivity contribution in [3.8, 4) is 11.8 Å². The van der Waals surface area contributed by atoms with Crippen LogP contribution in [0.2, 0.25) is 0 Å². The van der Waals surface area contributed by atoms with Gasteiger partial charge < -0.3 is 10.1 Å². The molecule has 1 N–H and O–H groups in total. The van der Waals surface area contributed by atoms with Crippen LogP contribution in [0.4, 0.5) is 0 Å². The lowest BCUT2D eigenvalue weighted by molar-refractivity contribution is 0.405. The quantitative estimate of drug-likeness (QED) is 0.839. The van der Waals surface area contributed by atoms with Crippen molar-refractivity contribution in [1.82, 2.24) is 5.32 Å². The summed E-state index contributed by atoms with van der Waals surface area (Å²) in [4.78, 5) is 0. The summed E-state index contributed by atoms with van der Waals surface area (Å²) in [6.07, 6.45) is 2.46. The average Bonchev–Trinajstić information content (AvgIpc) is 3.05. The second-order valence-electron chi connectivity index (χ2n) is 4.55. The van der Waals surface area contributed by atoms with Crippen molar-refractivity contribution in [2.45, 2.75) is 31.8 Å². The van der Waals surface area contributed by atoms with Crippen molar-refractivity contribution in [3.05, 3.63) is 29.3 Å². The van der Waals surface area contributed by atoms with E-state index in [1.165, 1.54) is 12.8 Å². The molecule has 1 saturated carbocycles. The van der Waals surface area contributed by atoms with Crippen LogP contribution in [0, 0.1) is 11.3 Å². The minimum Gasteiger partial charge on any atom is -0.496 e. The molecular weight excluding hydrogens is 200 g/mol. The monoisotopic (exact) mass is 216 g/mol. The molecule has 1 aromatic rings. The number of nitrogens with one attached hydrogen (secondary N) is 1. The van der Waals surface area contributed by atoms with Crippen molar-refractivity contribution in [1.29, 1.82) is 5.26 Å². The fourth-order valence-electron chi connectivity index (χ4n) is 1.66. The van der Waals surface area contributed by atoms with E-state index in [0.717, 1.165) is 17.9 Å². The van der Waals surface area contributed by atoms with Gasteiger partial charge in [-0.05, 0) is 38.0 Å². The fraction of sp³-hybridized carbons (Fsp3) is 0.462. The Bertz CT molecular complexity index is 430. The number of hydrogen-bond donors (Lipinski definition) is 1. The maximum absolute atomic E-state index is 8.85. The molecule has 0 heterocycles. The molecule has 2 rings (SSSR count). The van der Waals surface area contributed by atoms with Crippen LogP contribution >= 0.6 is 0 Å². The molecule has 1 aliphatic carbocycles. The number of nitrogens with zero attached hydrogens (tertiary/aromatic N) is 1. The predicted octanol–water partition coefficient (Wildman–Crippen LogP) is 2.21. The molecular formula is C13H16N2O. The zero-order valence-electron chi connectivity index (χ0n) is 9.71. The van der Waals surface area contributed by atoms with Gasteiger partial charge in [-0.15, -0.1) is 0 Å². The number of ether oxygens (including phenoxy) is 1. The van der Waals surface area contributed by atoms with Gasteiger partial charge in [0.25, 0.3) is 0 Å². The van der Waals surface area contributed by atoms with Gasteiger partial charge in [0.15, 0.2) is 0 Å². The summed E-state index contributed by atoms with van der Waals surface area (Å²) in [7, 11) is 1.66. The SMILES string of the molecule is COc1ccc(C#N)cc1CNC1(C)CC1. The minimum atomic E-state index is 0.299. The summed E-state index contributed by atoms with van der Waals surface area (Å²) >= 11 is 0. The first-order chi connectivity index (χ1) is 7.67. The number of nitriles is 1. The van der Waals surface area contributed by atoms with Crippen LogP contribution in [-0.2, 0) is 6.54 Å². The van der Waals surface area contributed by atoms with Gasteiger partial charge in [0, 0.05) is 17.6 Å². The third-order valence-corrected chi connectivity index (χ3v) is 3.12. The molecule has 0 unspecified atom stereocenters. The number of benzene rings is 1. The Labute approximate surface area is 96.0 Å². The lowest BCUT2D eigenvalue weighted by Gasteiger charge is -2.14. The van der Waals surface area contributed by atoms with Crippen LogP contribution in [0.1, 0.15) is 30.9 Å². The number of rotatable bonds is 4. The Hall–Kier alpha value is -1.53. The van der Waals surface area contributed by atoms with E-state index in [1.807, 2.05) is 12.1 Å². The largest absolute Gasteiger partial charge is 0.496 e. The van der Waals surface area contributed by atoms with Crippen LogP contribution in [0.25, 0.3) is 0 Å². The summed E-state index contributed by atoms with van der Waals surface area (Å²) in [6, 6.07) is 7.67. The van der Waals surface area contributed by atoms with E-state index in [2.05, 4.69) is 18.3 Å². The molecule has 0 spiro atoms. The maximum Gasteiger partial charge on any atom is 0.123 e.